The maximum atomic E-state index is 12.6. The topological polar surface area (TPSA) is 32.8 Å². The summed E-state index contributed by atoms with van der Waals surface area (Å²) < 4.78 is 5.96. The van der Waals surface area contributed by atoms with E-state index < -0.39 is 0 Å². The highest BCUT2D eigenvalue weighted by atomic mass is 16.5. The average molecular weight is 302 g/mol. The maximum absolute atomic E-state index is 12.6. The summed E-state index contributed by atoms with van der Waals surface area (Å²) in [7, 11) is 4.32. The van der Waals surface area contributed by atoms with Gasteiger partial charge in [0.15, 0.2) is 0 Å². The number of carbonyl (C=O) groups is 1. The van der Waals surface area contributed by atoms with Gasteiger partial charge in [0.05, 0.1) is 5.56 Å². The highest BCUT2D eigenvalue weighted by molar-refractivity contribution is 5.90. The van der Waals surface area contributed by atoms with Crippen molar-refractivity contribution in [3.63, 3.8) is 0 Å². The quantitative estimate of drug-likeness (QED) is 0.782. The second-order valence-electron chi connectivity index (χ2n) is 7.21. The third-order valence-corrected chi connectivity index (χ3v) is 4.81. The molecule has 0 atom stereocenters. The Labute approximate surface area is 133 Å². The number of likely N-dealkylation sites (tertiary alicyclic amines) is 2. The molecular formula is C18H26N2O2. The van der Waals surface area contributed by atoms with E-state index in [4.69, 9.17) is 4.74 Å². The number of benzene rings is 1. The Morgan fingerprint density at radius 1 is 0.955 bits per heavy atom. The van der Waals surface area contributed by atoms with Crippen LogP contribution in [0.4, 0.5) is 0 Å². The predicted molar refractivity (Wildman–Crippen MR) is 87.1 cm³/mol. The lowest BCUT2D eigenvalue weighted by Gasteiger charge is -2.48. The summed E-state index contributed by atoms with van der Waals surface area (Å²) in [5.41, 5.74) is 2.90. The summed E-state index contributed by atoms with van der Waals surface area (Å²) in [6.45, 7) is 8.06. The second kappa shape index (κ2) is 6.01. The molecule has 0 spiro atoms. The number of nitrogens with zero attached hydrogens (tertiary/aromatic N) is 2. The lowest BCUT2D eigenvalue weighted by molar-refractivity contribution is -0.0792. The SMILES string of the molecule is Cc1cc(C)cc(C(=O)OC2C3CN(C)CC2CN(C)C3)c1. The van der Waals surface area contributed by atoms with Crippen LogP contribution in [0.1, 0.15) is 21.5 Å². The molecule has 0 saturated carbocycles. The van der Waals surface area contributed by atoms with E-state index in [0.29, 0.717) is 17.4 Å². The van der Waals surface area contributed by atoms with Crippen LogP contribution in [0.3, 0.4) is 0 Å². The molecule has 0 radical (unpaired) electrons. The van der Waals surface area contributed by atoms with Gasteiger partial charge in [-0.2, -0.15) is 0 Å². The Balaban J connectivity index is 1.76. The molecule has 22 heavy (non-hydrogen) atoms. The van der Waals surface area contributed by atoms with Crippen LogP contribution in [-0.4, -0.2) is 62.1 Å². The maximum Gasteiger partial charge on any atom is 0.338 e. The van der Waals surface area contributed by atoms with E-state index in [9.17, 15) is 4.79 Å². The van der Waals surface area contributed by atoms with Crippen LogP contribution in [0.15, 0.2) is 18.2 Å². The predicted octanol–water partition coefficient (Wildman–Crippen LogP) is 1.95. The monoisotopic (exact) mass is 302 g/mol. The second-order valence-corrected chi connectivity index (χ2v) is 7.21. The lowest BCUT2D eigenvalue weighted by Crippen LogP contribution is -2.59. The van der Waals surface area contributed by atoms with Crippen LogP contribution in [0.5, 0.6) is 0 Å². The number of hydrogen-bond donors (Lipinski definition) is 0. The highest BCUT2D eigenvalue weighted by Crippen LogP contribution is 2.31. The summed E-state index contributed by atoms with van der Waals surface area (Å²) in [6.07, 6.45) is 0.0562. The first-order valence-corrected chi connectivity index (χ1v) is 8.08. The zero-order chi connectivity index (χ0) is 15.9. The van der Waals surface area contributed by atoms with E-state index in [1.807, 2.05) is 26.0 Å². The number of aryl methyl sites for hydroxylation is 2. The fourth-order valence-electron chi connectivity index (χ4n) is 4.14. The first kappa shape index (κ1) is 15.5. The molecule has 120 valence electrons. The molecule has 2 fully saturated rings. The molecule has 0 amide bonds. The molecule has 3 rings (SSSR count). The van der Waals surface area contributed by atoms with E-state index in [2.05, 4.69) is 30.0 Å². The van der Waals surface area contributed by atoms with Gasteiger partial charge in [0, 0.05) is 38.0 Å². The van der Waals surface area contributed by atoms with E-state index in [1.165, 1.54) is 0 Å². The molecule has 2 bridgehead atoms. The molecule has 2 saturated heterocycles. The average Bonchev–Trinajstić information content (AvgIpc) is 2.39. The van der Waals surface area contributed by atoms with Gasteiger partial charge in [0.25, 0.3) is 0 Å². The van der Waals surface area contributed by atoms with Crippen LogP contribution >= 0.6 is 0 Å². The lowest BCUT2D eigenvalue weighted by atomic mass is 9.82. The van der Waals surface area contributed by atoms with Crippen LogP contribution < -0.4 is 0 Å². The molecule has 4 nitrogen and oxygen atoms in total. The molecule has 0 aromatic heterocycles. The number of ether oxygens (including phenoxy) is 1. The summed E-state index contributed by atoms with van der Waals surface area (Å²) in [6, 6.07) is 5.93. The van der Waals surface area contributed by atoms with Gasteiger partial charge in [0.2, 0.25) is 0 Å². The molecule has 1 aromatic rings. The van der Waals surface area contributed by atoms with Crippen molar-refractivity contribution in [2.24, 2.45) is 11.8 Å². The van der Waals surface area contributed by atoms with E-state index in [-0.39, 0.29) is 12.1 Å². The molecule has 4 heteroatoms. The summed E-state index contributed by atoms with van der Waals surface area (Å²) >= 11 is 0. The van der Waals surface area contributed by atoms with Crippen molar-refractivity contribution >= 4 is 5.97 Å². The van der Waals surface area contributed by atoms with Gasteiger partial charge in [-0.25, -0.2) is 4.79 Å². The van der Waals surface area contributed by atoms with Gasteiger partial charge in [-0.05, 0) is 40.1 Å². The molecule has 2 aliphatic rings. The number of carbonyl (C=O) groups excluding carboxylic acids is 1. The zero-order valence-corrected chi connectivity index (χ0v) is 14.0. The van der Waals surface area contributed by atoms with E-state index in [1.54, 1.807) is 0 Å². The third-order valence-electron chi connectivity index (χ3n) is 4.81. The minimum atomic E-state index is -0.166. The number of hydrogen-bond acceptors (Lipinski definition) is 4. The van der Waals surface area contributed by atoms with Crippen molar-refractivity contribution in [3.8, 4) is 0 Å². The molecule has 0 N–H and O–H groups in total. The van der Waals surface area contributed by atoms with Crippen molar-refractivity contribution in [1.29, 1.82) is 0 Å². The molecule has 1 aromatic carbocycles. The van der Waals surface area contributed by atoms with Gasteiger partial charge in [-0.3, -0.25) is 0 Å². The highest BCUT2D eigenvalue weighted by Gasteiger charge is 2.42. The Morgan fingerprint density at radius 2 is 1.41 bits per heavy atom. The van der Waals surface area contributed by atoms with Gasteiger partial charge < -0.3 is 14.5 Å². The van der Waals surface area contributed by atoms with Gasteiger partial charge in [0.1, 0.15) is 6.10 Å². The Morgan fingerprint density at radius 3 is 1.86 bits per heavy atom. The van der Waals surface area contributed by atoms with Gasteiger partial charge in [-0.15, -0.1) is 0 Å². The zero-order valence-electron chi connectivity index (χ0n) is 14.0. The molecular weight excluding hydrogens is 276 g/mol. The van der Waals surface area contributed by atoms with Gasteiger partial charge in [-0.1, -0.05) is 17.2 Å². The number of fused-ring (bicyclic) bond motifs is 2. The van der Waals surface area contributed by atoms with E-state index >= 15 is 0 Å². The van der Waals surface area contributed by atoms with Crippen molar-refractivity contribution in [3.05, 3.63) is 34.9 Å². The standard InChI is InChI=1S/C18H26N2O2/c1-12-5-13(2)7-14(6-12)18(21)22-17-15-8-19(3)9-16(17)11-20(4)10-15/h5-7,15-17H,8-11H2,1-4H3. The Hall–Kier alpha value is -1.39. The number of rotatable bonds is 2. The third kappa shape index (κ3) is 3.18. The summed E-state index contributed by atoms with van der Waals surface area (Å²) in [4.78, 5) is 17.3. The molecule has 0 aliphatic carbocycles. The molecule has 2 heterocycles. The van der Waals surface area contributed by atoms with Crippen molar-refractivity contribution in [2.45, 2.75) is 20.0 Å². The first-order chi connectivity index (χ1) is 10.4. The molecule has 0 unspecified atom stereocenters. The Kier molecular flexibility index (Phi) is 4.24. The van der Waals surface area contributed by atoms with E-state index in [0.717, 1.165) is 37.3 Å². The number of piperidine rings is 2. The largest absolute Gasteiger partial charge is 0.458 e. The fourth-order valence-corrected chi connectivity index (χ4v) is 4.14. The fraction of sp³-hybridized carbons (Fsp3) is 0.611. The first-order valence-electron chi connectivity index (χ1n) is 8.08. The number of esters is 1. The molecule has 2 aliphatic heterocycles. The van der Waals surface area contributed by atoms with Crippen LogP contribution in [0.2, 0.25) is 0 Å². The van der Waals surface area contributed by atoms with Gasteiger partial charge >= 0.3 is 5.97 Å². The minimum absolute atomic E-state index is 0.0562. The Bertz CT molecular complexity index is 522. The summed E-state index contributed by atoms with van der Waals surface area (Å²) in [5.74, 6) is 0.663. The van der Waals surface area contributed by atoms with Crippen molar-refractivity contribution < 1.29 is 9.53 Å². The van der Waals surface area contributed by atoms with Crippen molar-refractivity contribution in [1.82, 2.24) is 9.80 Å². The van der Waals surface area contributed by atoms with Crippen LogP contribution in [0.25, 0.3) is 0 Å². The van der Waals surface area contributed by atoms with Crippen LogP contribution in [0, 0.1) is 25.7 Å². The van der Waals surface area contributed by atoms with Crippen molar-refractivity contribution in [2.75, 3.05) is 40.3 Å². The smallest absolute Gasteiger partial charge is 0.338 e. The minimum Gasteiger partial charge on any atom is -0.458 e. The summed E-state index contributed by atoms with van der Waals surface area (Å²) in [5, 5.41) is 0. The normalized spacial score (nSPS) is 29.4. The van der Waals surface area contributed by atoms with Crippen LogP contribution in [-0.2, 0) is 4.74 Å².